The van der Waals surface area contributed by atoms with Gasteiger partial charge < -0.3 is 16.0 Å². The van der Waals surface area contributed by atoms with Crippen LogP contribution in [0.15, 0.2) is 47.2 Å². The summed E-state index contributed by atoms with van der Waals surface area (Å²) < 4.78 is 0. The molecule has 0 saturated carbocycles. The number of carbonyl (C=O) groups is 3. The number of benzene rings is 1. The van der Waals surface area contributed by atoms with Crippen molar-refractivity contribution >= 4 is 45.5 Å². The van der Waals surface area contributed by atoms with E-state index in [0.717, 1.165) is 24.1 Å². The van der Waals surface area contributed by atoms with Gasteiger partial charge in [-0.1, -0.05) is 30.3 Å². The van der Waals surface area contributed by atoms with E-state index in [1.165, 1.54) is 35.2 Å². The van der Waals surface area contributed by atoms with E-state index in [0.29, 0.717) is 16.6 Å². The van der Waals surface area contributed by atoms with Crippen molar-refractivity contribution in [2.24, 2.45) is 0 Å². The van der Waals surface area contributed by atoms with Crippen LogP contribution in [0.5, 0.6) is 0 Å². The predicted octanol–water partition coefficient (Wildman–Crippen LogP) is 3.70. The van der Waals surface area contributed by atoms with Crippen LogP contribution in [0.4, 0.5) is 5.13 Å². The maximum absolute atomic E-state index is 12.1. The standard InChI is InChI=1S/C22H24N4O3S2/c1-15(27)23-11-2-4-16-6-8-17(9-7-16)18-14-31-22(25-18)26-20(28)10-12-24-21(29)19-5-3-13-30-19/h3,5-9,13-14H,2,4,10-12H2,1H3,(H,23,27)(H,24,29)(H,25,26,28). The second-order valence-corrected chi connectivity index (χ2v) is 8.66. The predicted molar refractivity (Wildman–Crippen MR) is 124 cm³/mol. The molecule has 0 atom stereocenters. The van der Waals surface area contributed by atoms with Gasteiger partial charge in [0.15, 0.2) is 5.13 Å². The lowest BCUT2D eigenvalue weighted by atomic mass is 10.1. The maximum atomic E-state index is 12.1. The molecule has 0 radical (unpaired) electrons. The second-order valence-electron chi connectivity index (χ2n) is 6.85. The lowest BCUT2D eigenvalue weighted by molar-refractivity contribution is -0.119. The van der Waals surface area contributed by atoms with Crippen LogP contribution in [-0.4, -0.2) is 35.8 Å². The summed E-state index contributed by atoms with van der Waals surface area (Å²) >= 11 is 2.73. The number of thiophene rings is 1. The van der Waals surface area contributed by atoms with E-state index in [2.05, 4.69) is 33.1 Å². The first-order valence-corrected chi connectivity index (χ1v) is 11.7. The molecule has 1 aromatic carbocycles. The summed E-state index contributed by atoms with van der Waals surface area (Å²) in [7, 11) is 0. The Balaban J connectivity index is 1.43. The van der Waals surface area contributed by atoms with Gasteiger partial charge in [-0.15, -0.1) is 22.7 Å². The molecule has 2 heterocycles. The molecule has 9 heteroatoms. The first kappa shape index (κ1) is 22.6. The molecule has 0 spiro atoms. The van der Waals surface area contributed by atoms with Gasteiger partial charge in [-0.2, -0.15) is 0 Å². The van der Waals surface area contributed by atoms with Gasteiger partial charge >= 0.3 is 0 Å². The second kappa shape index (κ2) is 11.4. The number of anilines is 1. The molecule has 0 unspecified atom stereocenters. The number of aryl methyl sites for hydroxylation is 1. The molecular weight excluding hydrogens is 432 g/mol. The Kier molecular flexibility index (Phi) is 8.31. The van der Waals surface area contributed by atoms with Gasteiger partial charge in [0.05, 0.1) is 10.6 Å². The smallest absolute Gasteiger partial charge is 0.261 e. The number of thiazole rings is 1. The zero-order chi connectivity index (χ0) is 22.1. The summed E-state index contributed by atoms with van der Waals surface area (Å²) in [5.41, 5.74) is 2.98. The van der Waals surface area contributed by atoms with Crippen molar-refractivity contribution in [3.63, 3.8) is 0 Å². The van der Waals surface area contributed by atoms with Crippen molar-refractivity contribution in [3.05, 3.63) is 57.6 Å². The minimum absolute atomic E-state index is 0.00935. The van der Waals surface area contributed by atoms with Crippen molar-refractivity contribution < 1.29 is 14.4 Å². The van der Waals surface area contributed by atoms with Gasteiger partial charge in [0.25, 0.3) is 5.91 Å². The highest BCUT2D eigenvalue weighted by molar-refractivity contribution is 7.14. The molecule has 0 aliphatic rings. The van der Waals surface area contributed by atoms with E-state index in [4.69, 9.17) is 0 Å². The Morgan fingerprint density at radius 2 is 1.81 bits per heavy atom. The highest BCUT2D eigenvalue weighted by Crippen LogP contribution is 2.25. The van der Waals surface area contributed by atoms with Gasteiger partial charge in [0.2, 0.25) is 11.8 Å². The number of amides is 3. The molecule has 3 amide bonds. The molecule has 0 saturated heterocycles. The zero-order valence-electron chi connectivity index (χ0n) is 17.1. The average molecular weight is 457 g/mol. The highest BCUT2D eigenvalue weighted by atomic mass is 32.1. The van der Waals surface area contributed by atoms with Crippen LogP contribution >= 0.6 is 22.7 Å². The van der Waals surface area contributed by atoms with E-state index >= 15 is 0 Å². The van der Waals surface area contributed by atoms with E-state index in [1.54, 1.807) is 6.07 Å². The van der Waals surface area contributed by atoms with Crippen molar-refractivity contribution in [1.82, 2.24) is 15.6 Å². The molecule has 3 rings (SSSR count). The monoisotopic (exact) mass is 456 g/mol. The fourth-order valence-electron chi connectivity index (χ4n) is 2.83. The van der Waals surface area contributed by atoms with E-state index in [-0.39, 0.29) is 30.7 Å². The average Bonchev–Trinajstić information content (AvgIpc) is 3.44. The summed E-state index contributed by atoms with van der Waals surface area (Å²) in [6.07, 6.45) is 1.96. The molecular formula is C22H24N4O3S2. The number of carbonyl (C=O) groups excluding carboxylic acids is 3. The normalized spacial score (nSPS) is 10.5. The Bertz CT molecular complexity index is 1010. The Labute approximate surface area is 188 Å². The van der Waals surface area contributed by atoms with Gasteiger partial charge in [-0.05, 0) is 29.9 Å². The molecule has 162 valence electrons. The van der Waals surface area contributed by atoms with E-state index < -0.39 is 0 Å². The highest BCUT2D eigenvalue weighted by Gasteiger charge is 2.10. The van der Waals surface area contributed by atoms with Crippen molar-refractivity contribution in [1.29, 1.82) is 0 Å². The Hall–Kier alpha value is -3.04. The van der Waals surface area contributed by atoms with Crippen LogP contribution in [0, 0.1) is 0 Å². The number of rotatable bonds is 10. The van der Waals surface area contributed by atoms with Gasteiger partial charge in [0, 0.05) is 37.4 Å². The fraction of sp³-hybridized carbons (Fsp3) is 0.273. The lowest BCUT2D eigenvalue weighted by Gasteiger charge is -2.04. The molecule has 0 aliphatic heterocycles. The largest absolute Gasteiger partial charge is 0.356 e. The number of nitrogens with one attached hydrogen (secondary N) is 3. The van der Waals surface area contributed by atoms with Crippen molar-refractivity contribution in [3.8, 4) is 11.3 Å². The number of hydrogen-bond acceptors (Lipinski definition) is 6. The third kappa shape index (κ3) is 7.30. The summed E-state index contributed by atoms with van der Waals surface area (Å²) in [4.78, 5) is 40.0. The molecule has 3 aromatic rings. The first-order chi connectivity index (χ1) is 15.0. The van der Waals surface area contributed by atoms with Crippen LogP contribution in [-0.2, 0) is 16.0 Å². The Morgan fingerprint density at radius 1 is 1.00 bits per heavy atom. The molecule has 31 heavy (non-hydrogen) atoms. The summed E-state index contributed by atoms with van der Waals surface area (Å²) in [6, 6.07) is 11.7. The molecule has 0 fully saturated rings. The van der Waals surface area contributed by atoms with E-state index in [1.807, 2.05) is 29.0 Å². The first-order valence-electron chi connectivity index (χ1n) is 9.92. The van der Waals surface area contributed by atoms with Gasteiger partial charge in [0.1, 0.15) is 0 Å². The number of hydrogen-bond donors (Lipinski definition) is 3. The van der Waals surface area contributed by atoms with Crippen molar-refractivity contribution in [2.75, 3.05) is 18.4 Å². The molecule has 7 nitrogen and oxygen atoms in total. The Morgan fingerprint density at radius 3 is 2.52 bits per heavy atom. The van der Waals surface area contributed by atoms with Gasteiger partial charge in [-0.25, -0.2) is 4.98 Å². The van der Waals surface area contributed by atoms with Crippen LogP contribution in [0.25, 0.3) is 11.3 Å². The fourth-order valence-corrected chi connectivity index (χ4v) is 4.20. The van der Waals surface area contributed by atoms with Crippen LogP contribution in [0.2, 0.25) is 0 Å². The van der Waals surface area contributed by atoms with Crippen LogP contribution in [0.1, 0.15) is 35.0 Å². The molecule has 0 bridgehead atoms. The quantitative estimate of drug-likeness (QED) is 0.405. The van der Waals surface area contributed by atoms with Crippen LogP contribution in [0.3, 0.4) is 0 Å². The van der Waals surface area contributed by atoms with Crippen molar-refractivity contribution in [2.45, 2.75) is 26.2 Å². The summed E-state index contributed by atoms with van der Waals surface area (Å²) in [5, 5.41) is 12.6. The minimum Gasteiger partial charge on any atom is -0.356 e. The number of nitrogens with zero attached hydrogens (tertiary/aromatic N) is 1. The topological polar surface area (TPSA) is 100 Å². The molecule has 3 N–H and O–H groups in total. The van der Waals surface area contributed by atoms with Gasteiger partial charge in [-0.3, -0.25) is 14.4 Å². The lowest BCUT2D eigenvalue weighted by Crippen LogP contribution is -2.27. The van der Waals surface area contributed by atoms with E-state index in [9.17, 15) is 14.4 Å². The maximum Gasteiger partial charge on any atom is 0.261 e. The summed E-state index contributed by atoms with van der Waals surface area (Å²) in [6.45, 7) is 2.46. The third-order valence-corrected chi connectivity index (χ3v) is 6.03. The zero-order valence-corrected chi connectivity index (χ0v) is 18.8. The summed E-state index contributed by atoms with van der Waals surface area (Å²) in [5.74, 6) is -0.371. The minimum atomic E-state index is -0.193. The third-order valence-electron chi connectivity index (χ3n) is 4.40. The number of aromatic nitrogens is 1. The molecule has 0 aliphatic carbocycles. The van der Waals surface area contributed by atoms with Crippen LogP contribution < -0.4 is 16.0 Å². The SMILES string of the molecule is CC(=O)NCCCc1ccc(-c2csc(NC(=O)CCNC(=O)c3cccs3)n2)cc1. The molecule has 2 aromatic heterocycles.